The number of halogens is 1. The van der Waals surface area contributed by atoms with E-state index in [1.165, 1.54) is 16.2 Å². The van der Waals surface area contributed by atoms with Crippen LogP contribution in [0.15, 0.2) is 47.5 Å². The van der Waals surface area contributed by atoms with E-state index in [1.54, 1.807) is 12.1 Å². The van der Waals surface area contributed by atoms with Crippen LogP contribution in [-0.4, -0.2) is 12.3 Å². The van der Waals surface area contributed by atoms with Gasteiger partial charge in [0, 0.05) is 4.08 Å². The van der Waals surface area contributed by atoms with E-state index in [0.717, 1.165) is 12.5 Å². The van der Waals surface area contributed by atoms with Crippen LogP contribution in [0.3, 0.4) is 0 Å². The Morgan fingerprint density at radius 3 is 2.05 bits per heavy atom. The zero-order valence-electron chi connectivity index (χ0n) is 9.58. The molecule has 0 saturated heterocycles. The molecule has 0 bridgehead atoms. The van der Waals surface area contributed by atoms with Crippen molar-refractivity contribution >= 4 is 34.9 Å². The summed E-state index contributed by atoms with van der Waals surface area (Å²) >= 11 is 1.88. The highest BCUT2D eigenvalue weighted by atomic mass is 127. The Hall–Kier alpha value is -2.03. The third-order valence-corrected chi connectivity index (χ3v) is 1.92. The van der Waals surface area contributed by atoms with Crippen molar-refractivity contribution in [2.24, 2.45) is 0 Å². The van der Waals surface area contributed by atoms with E-state index in [0.29, 0.717) is 0 Å². The Kier molecular flexibility index (Phi) is 6.44. The van der Waals surface area contributed by atoms with Crippen LogP contribution in [0.1, 0.15) is 0 Å². The SMILES string of the molecule is C=COC(=O)Oc1ccccc1OC(=O)OC=CI. The molecule has 0 spiro atoms. The number of hydrogen-bond donors (Lipinski definition) is 0. The lowest BCUT2D eigenvalue weighted by Gasteiger charge is -2.08. The average molecular weight is 376 g/mol. The largest absolute Gasteiger partial charge is 0.518 e. The quantitative estimate of drug-likeness (QED) is 0.345. The van der Waals surface area contributed by atoms with Gasteiger partial charge in [0.2, 0.25) is 0 Å². The van der Waals surface area contributed by atoms with Crippen LogP contribution in [0.5, 0.6) is 11.5 Å². The molecule has 0 unspecified atom stereocenters. The lowest BCUT2D eigenvalue weighted by molar-refractivity contribution is 0.125. The van der Waals surface area contributed by atoms with Gasteiger partial charge in [0.1, 0.15) is 6.26 Å². The summed E-state index contributed by atoms with van der Waals surface area (Å²) in [6, 6.07) is 6.06. The van der Waals surface area contributed by atoms with Crippen molar-refractivity contribution in [3.8, 4) is 11.5 Å². The van der Waals surface area contributed by atoms with Crippen molar-refractivity contribution in [1.82, 2.24) is 0 Å². The van der Waals surface area contributed by atoms with Crippen molar-refractivity contribution in [2.45, 2.75) is 0 Å². The van der Waals surface area contributed by atoms with Crippen LogP contribution in [0, 0.1) is 0 Å². The Labute approximate surface area is 122 Å². The predicted molar refractivity (Wildman–Crippen MR) is 74.0 cm³/mol. The standard InChI is InChI=1S/C12H9IO6/c1-2-16-11(14)18-9-5-3-4-6-10(9)19-12(15)17-8-7-13/h2-8H,1H2. The summed E-state index contributed by atoms with van der Waals surface area (Å²) in [5.74, 6) is 0.0418. The lowest BCUT2D eigenvalue weighted by atomic mass is 10.3. The van der Waals surface area contributed by atoms with Crippen LogP contribution >= 0.6 is 22.6 Å². The highest BCUT2D eigenvalue weighted by Gasteiger charge is 2.13. The first-order chi connectivity index (χ1) is 9.17. The van der Waals surface area contributed by atoms with Gasteiger partial charge in [-0.1, -0.05) is 18.7 Å². The first kappa shape index (κ1) is 15.0. The highest BCUT2D eigenvalue weighted by Crippen LogP contribution is 2.27. The van der Waals surface area contributed by atoms with Gasteiger partial charge in [-0.05, 0) is 34.7 Å². The molecular weight excluding hydrogens is 367 g/mol. The molecular formula is C12H9IO6. The molecule has 7 heteroatoms. The number of rotatable bonds is 4. The molecule has 0 fully saturated rings. The fourth-order valence-corrected chi connectivity index (χ4v) is 1.14. The predicted octanol–water partition coefficient (Wildman–Crippen LogP) is 3.77. The smallest absolute Gasteiger partial charge is 0.403 e. The molecule has 1 aromatic rings. The van der Waals surface area contributed by atoms with Gasteiger partial charge >= 0.3 is 12.3 Å². The zero-order valence-corrected chi connectivity index (χ0v) is 11.7. The molecule has 0 aliphatic rings. The molecule has 0 heterocycles. The maximum Gasteiger partial charge on any atom is 0.518 e. The molecule has 100 valence electrons. The Morgan fingerprint density at radius 1 is 1.05 bits per heavy atom. The molecule has 1 rings (SSSR count). The molecule has 6 nitrogen and oxygen atoms in total. The van der Waals surface area contributed by atoms with Gasteiger partial charge in [-0.3, -0.25) is 0 Å². The topological polar surface area (TPSA) is 71.1 Å². The molecule has 19 heavy (non-hydrogen) atoms. The third-order valence-electron chi connectivity index (χ3n) is 1.63. The zero-order chi connectivity index (χ0) is 14.1. The molecule has 0 aliphatic carbocycles. The second-order valence-corrected chi connectivity index (χ2v) is 3.53. The number of para-hydroxylation sites is 2. The molecule has 1 aromatic carbocycles. The average Bonchev–Trinajstić information content (AvgIpc) is 2.39. The highest BCUT2D eigenvalue weighted by molar-refractivity contribution is 14.1. The minimum Gasteiger partial charge on any atom is -0.403 e. The number of carbonyl (C=O) groups excluding carboxylic acids is 2. The maximum absolute atomic E-state index is 11.2. The Morgan fingerprint density at radius 2 is 1.58 bits per heavy atom. The van der Waals surface area contributed by atoms with E-state index in [2.05, 4.69) is 16.1 Å². The summed E-state index contributed by atoms with van der Waals surface area (Å²) in [7, 11) is 0. The van der Waals surface area contributed by atoms with Gasteiger partial charge in [0.15, 0.2) is 11.5 Å². The minimum atomic E-state index is -0.994. The van der Waals surface area contributed by atoms with Gasteiger partial charge < -0.3 is 18.9 Å². The number of ether oxygens (including phenoxy) is 4. The van der Waals surface area contributed by atoms with Crippen molar-refractivity contribution in [2.75, 3.05) is 0 Å². The number of hydrogen-bond acceptors (Lipinski definition) is 6. The lowest BCUT2D eigenvalue weighted by Crippen LogP contribution is -2.11. The van der Waals surface area contributed by atoms with Crippen molar-refractivity contribution < 1.29 is 28.5 Å². The van der Waals surface area contributed by atoms with Gasteiger partial charge in [0.05, 0.1) is 6.26 Å². The van der Waals surface area contributed by atoms with E-state index >= 15 is 0 Å². The molecule has 0 amide bonds. The van der Waals surface area contributed by atoms with E-state index in [1.807, 2.05) is 22.6 Å². The Balaban J connectivity index is 2.75. The van der Waals surface area contributed by atoms with Crippen molar-refractivity contribution in [3.05, 3.63) is 47.5 Å². The second-order valence-electron chi connectivity index (χ2n) is 2.82. The summed E-state index contributed by atoms with van der Waals surface area (Å²) < 4.78 is 20.1. The van der Waals surface area contributed by atoms with Crippen LogP contribution in [-0.2, 0) is 9.47 Å². The summed E-state index contributed by atoms with van der Waals surface area (Å²) in [6.07, 6.45) is 0.122. The third kappa shape index (κ3) is 5.42. The molecule has 0 aliphatic heterocycles. The first-order valence-electron chi connectivity index (χ1n) is 4.89. The Bertz CT molecular complexity index is 497. The van der Waals surface area contributed by atoms with Crippen LogP contribution < -0.4 is 9.47 Å². The molecule has 0 saturated carbocycles. The van der Waals surface area contributed by atoms with Crippen molar-refractivity contribution in [1.29, 1.82) is 0 Å². The van der Waals surface area contributed by atoms with E-state index in [-0.39, 0.29) is 11.5 Å². The normalized spacial score (nSPS) is 9.74. The number of benzene rings is 1. The van der Waals surface area contributed by atoms with Crippen LogP contribution in [0.25, 0.3) is 0 Å². The van der Waals surface area contributed by atoms with Gasteiger partial charge in [0.25, 0.3) is 0 Å². The van der Waals surface area contributed by atoms with Crippen molar-refractivity contribution in [3.63, 3.8) is 0 Å². The molecule has 0 aromatic heterocycles. The molecule has 0 N–H and O–H groups in total. The molecule has 0 atom stereocenters. The second kappa shape index (κ2) is 8.14. The first-order valence-corrected chi connectivity index (χ1v) is 6.14. The van der Waals surface area contributed by atoms with E-state index in [9.17, 15) is 9.59 Å². The number of carbonyl (C=O) groups is 2. The minimum absolute atomic E-state index is 0.0183. The van der Waals surface area contributed by atoms with Crippen LogP contribution in [0.2, 0.25) is 0 Å². The molecule has 0 radical (unpaired) electrons. The summed E-state index contributed by atoms with van der Waals surface area (Å²) in [4.78, 5) is 22.4. The monoisotopic (exact) mass is 376 g/mol. The van der Waals surface area contributed by atoms with Gasteiger partial charge in [-0.15, -0.1) is 0 Å². The van der Waals surface area contributed by atoms with Crippen LogP contribution in [0.4, 0.5) is 9.59 Å². The van der Waals surface area contributed by atoms with Gasteiger partial charge in [-0.25, -0.2) is 9.59 Å². The van der Waals surface area contributed by atoms with E-state index in [4.69, 9.17) is 9.47 Å². The summed E-state index contributed by atoms with van der Waals surface area (Å²) in [5, 5.41) is 0. The maximum atomic E-state index is 11.2. The van der Waals surface area contributed by atoms with E-state index < -0.39 is 12.3 Å². The fraction of sp³-hybridized carbons (Fsp3) is 0. The fourth-order valence-electron chi connectivity index (χ4n) is 0.996. The summed E-state index contributed by atoms with van der Waals surface area (Å²) in [6.45, 7) is 3.21. The summed E-state index contributed by atoms with van der Waals surface area (Å²) in [5.41, 5.74) is 0. The van der Waals surface area contributed by atoms with Gasteiger partial charge in [-0.2, -0.15) is 0 Å².